The summed E-state index contributed by atoms with van der Waals surface area (Å²) in [5, 5.41) is 10.1. The molecule has 0 aliphatic rings. The molecule has 0 aromatic heterocycles. The van der Waals surface area contributed by atoms with Crippen molar-refractivity contribution in [3.63, 3.8) is 0 Å². The maximum Gasteiger partial charge on any atom is 0.147 e. The lowest BCUT2D eigenvalue weighted by molar-refractivity contribution is -0.197. The van der Waals surface area contributed by atoms with Crippen molar-refractivity contribution >= 4 is 0 Å². The van der Waals surface area contributed by atoms with E-state index in [0.29, 0.717) is 0 Å². The molecule has 1 N–H and O–H groups in total. The summed E-state index contributed by atoms with van der Waals surface area (Å²) >= 11 is 0. The smallest absolute Gasteiger partial charge is 0.147 e. The second kappa shape index (κ2) is 12.2. The zero-order valence-electron chi connectivity index (χ0n) is 15.1. The Hall–Kier alpha value is -0.240. The molecule has 0 heterocycles. The molecule has 6 heteroatoms. The van der Waals surface area contributed by atoms with Crippen molar-refractivity contribution in [2.24, 2.45) is 0 Å². The summed E-state index contributed by atoms with van der Waals surface area (Å²) in [4.78, 5) is 0. The maximum atomic E-state index is 10.1. The van der Waals surface area contributed by atoms with Crippen LogP contribution in [0.15, 0.2) is 0 Å². The molecule has 6 nitrogen and oxygen atoms in total. The number of hydrogen-bond acceptors (Lipinski definition) is 6. The standard InChI is InChI=1S/C16H34O6/c1-8-13(19-6)15(17)11(3)21-10-22-16(12(4)18-5)14(9-2)20-7/h11-17H,8-10H2,1-7H3/t11-,12-,13-,14-,15-,16-/m0/s1. The fraction of sp³-hybridized carbons (Fsp3) is 1.00. The molecule has 0 aromatic rings. The van der Waals surface area contributed by atoms with Gasteiger partial charge >= 0.3 is 0 Å². The third-order valence-electron chi connectivity index (χ3n) is 4.06. The number of ether oxygens (including phenoxy) is 5. The van der Waals surface area contributed by atoms with E-state index < -0.39 is 6.10 Å². The van der Waals surface area contributed by atoms with Crippen LogP contribution in [0.5, 0.6) is 0 Å². The fourth-order valence-electron chi connectivity index (χ4n) is 2.39. The van der Waals surface area contributed by atoms with Gasteiger partial charge in [-0.3, -0.25) is 0 Å². The molecule has 0 rings (SSSR count). The zero-order valence-corrected chi connectivity index (χ0v) is 15.1. The first-order valence-electron chi connectivity index (χ1n) is 7.96. The molecule has 0 fully saturated rings. The lowest BCUT2D eigenvalue weighted by atomic mass is 10.1. The van der Waals surface area contributed by atoms with Crippen molar-refractivity contribution in [1.82, 2.24) is 0 Å². The van der Waals surface area contributed by atoms with E-state index in [4.69, 9.17) is 23.7 Å². The highest BCUT2D eigenvalue weighted by Gasteiger charge is 2.28. The molecule has 0 bridgehead atoms. The van der Waals surface area contributed by atoms with Crippen LogP contribution in [0.4, 0.5) is 0 Å². The first kappa shape index (κ1) is 21.8. The summed E-state index contributed by atoms with van der Waals surface area (Å²) < 4.78 is 27.4. The van der Waals surface area contributed by atoms with Crippen LogP contribution in [0.2, 0.25) is 0 Å². The quantitative estimate of drug-likeness (QED) is 0.523. The molecule has 134 valence electrons. The Balaban J connectivity index is 4.42. The van der Waals surface area contributed by atoms with Gasteiger partial charge in [0, 0.05) is 21.3 Å². The van der Waals surface area contributed by atoms with Gasteiger partial charge in [0.05, 0.1) is 24.4 Å². The van der Waals surface area contributed by atoms with Gasteiger partial charge in [-0.05, 0) is 26.7 Å². The van der Waals surface area contributed by atoms with Crippen molar-refractivity contribution < 1.29 is 28.8 Å². The van der Waals surface area contributed by atoms with Crippen LogP contribution >= 0.6 is 0 Å². The van der Waals surface area contributed by atoms with Crippen molar-refractivity contribution in [3.05, 3.63) is 0 Å². The average Bonchev–Trinajstić information content (AvgIpc) is 2.54. The maximum absolute atomic E-state index is 10.1. The summed E-state index contributed by atoms with van der Waals surface area (Å²) in [5.74, 6) is 0. The van der Waals surface area contributed by atoms with Gasteiger partial charge in [-0.2, -0.15) is 0 Å². The van der Waals surface area contributed by atoms with Gasteiger partial charge in [0.25, 0.3) is 0 Å². The van der Waals surface area contributed by atoms with Gasteiger partial charge < -0.3 is 28.8 Å². The topological polar surface area (TPSA) is 66.4 Å². The Labute approximate surface area is 135 Å². The molecule has 22 heavy (non-hydrogen) atoms. The molecule has 6 atom stereocenters. The van der Waals surface area contributed by atoms with E-state index >= 15 is 0 Å². The highest BCUT2D eigenvalue weighted by molar-refractivity contribution is 4.76. The van der Waals surface area contributed by atoms with Crippen LogP contribution in [0, 0.1) is 0 Å². The Morgan fingerprint density at radius 3 is 1.73 bits per heavy atom. The predicted octanol–water partition coefficient (Wildman–Crippen LogP) is 1.98. The normalized spacial score (nSPS) is 20.2. The monoisotopic (exact) mass is 322 g/mol. The molecule has 0 unspecified atom stereocenters. The average molecular weight is 322 g/mol. The first-order chi connectivity index (χ1) is 10.5. The largest absolute Gasteiger partial charge is 0.388 e. The lowest BCUT2D eigenvalue weighted by Gasteiger charge is -2.31. The summed E-state index contributed by atoms with van der Waals surface area (Å²) in [7, 11) is 4.88. The van der Waals surface area contributed by atoms with Crippen molar-refractivity contribution in [3.8, 4) is 0 Å². The SMILES string of the molecule is CC[C@H](OC)[C@@H](O)[C@H](C)OCO[C@@H]([C@H](C)OC)[C@H](CC)OC. The summed E-state index contributed by atoms with van der Waals surface area (Å²) in [6, 6.07) is 0. The lowest BCUT2D eigenvalue weighted by Crippen LogP contribution is -2.42. The summed E-state index contributed by atoms with van der Waals surface area (Å²) in [5.41, 5.74) is 0. The molecule has 0 saturated carbocycles. The van der Waals surface area contributed by atoms with Gasteiger partial charge in [-0.15, -0.1) is 0 Å². The highest BCUT2D eigenvalue weighted by atomic mass is 16.7. The number of aliphatic hydroxyl groups is 1. The highest BCUT2D eigenvalue weighted by Crippen LogP contribution is 2.15. The van der Waals surface area contributed by atoms with Crippen LogP contribution in [-0.4, -0.2) is 69.9 Å². The molecular formula is C16H34O6. The van der Waals surface area contributed by atoms with E-state index in [2.05, 4.69) is 0 Å². The summed E-state index contributed by atoms with van der Waals surface area (Å²) in [6.07, 6.45) is -0.199. The van der Waals surface area contributed by atoms with Gasteiger partial charge in [0.1, 0.15) is 19.0 Å². The molecule has 0 aromatic carbocycles. The number of aliphatic hydroxyl groups excluding tert-OH is 1. The van der Waals surface area contributed by atoms with Gasteiger partial charge in [0.15, 0.2) is 0 Å². The molecule has 0 amide bonds. The van der Waals surface area contributed by atoms with Crippen LogP contribution in [0.1, 0.15) is 40.5 Å². The first-order valence-corrected chi connectivity index (χ1v) is 7.96. The van der Waals surface area contributed by atoms with Crippen molar-refractivity contribution in [2.45, 2.75) is 77.2 Å². The van der Waals surface area contributed by atoms with Crippen LogP contribution in [-0.2, 0) is 23.7 Å². The van der Waals surface area contributed by atoms with E-state index in [-0.39, 0.29) is 37.3 Å². The number of rotatable bonds is 13. The van der Waals surface area contributed by atoms with E-state index in [0.717, 1.165) is 12.8 Å². The van der Waals surface area contributed by atoms with Crippen LogP contribution < -0.4 is 0 Å². The number of hydrogen-bond donors (Lipinski definition) is 1. The Kier molecular flexibility index (Phi) is 12.1. The second-order valence-electron chi connectivity index (χ2n) is 5.42. The third-order valence-corrected chi connectivity index (χ3v) is 4.06. The minimum Gasteiger partial charge on any atom is -0.388 e. The van der Waals surface area contributed by atoms with Gasteiger partial charge in [0.2, 0.25) is 0 Å². The minimum absolute atomic E-state index is 0.0661. The van der Waals surface area contributed by atoms with Gasteiger partial charge in [-0.1, -0.05) is 13.8 Å². The van der Waals surface area contributed by atoms with Crippen molar-refractivity contribution in [2.75, 3.05) is 28.1 Å². The van der Waals surface area contributed by atoms with Crippen LogP contribution in [0.25, 0.3) is 0 Å². The Morgan fingerprint density at radius 1 is 0.773 bits per heavy atom. The fourth-order valence-corrected chi connectivity index (χ4v) is 2.39. The van der Waals surface area contributed by atoms with E-state index in [1.807, 2.05) is 20.8 Å². The van der Waals surface area contributed by atoms with E-state index in [1.165, 1.54) is 0 Å². The van der Waals surface area contributed by atoms with Crippen LogP contribution in [0.3, 0.4) is 0 Å². The molecule has 0 aliphatic carbocycles. The minimum atomic E-state index is -0.693. The Morgan fingerprint density at radius 2 is 1.32 bits per heavy atom. The molecular weight excluding hydrogens is 288 g/mol. The van der Waals surface area contributed by atoms with E-state index in [1.54, 1.807) is 28.3 Å². The summed E-state index contributed by atoms with van der Waals surface area (Å²) in [6.45, 7) is 7.79. The molecule has 0 spiro atoms. The third kappa shape index (κ3) is 6.89. The predicted molar refractivity (Wildman–Crippen MR) is 84.9 cm³/mol. The van der Waals surface area contributed by atoms with E-state index in [9.17, 15) is 5.11 Å². The van der Waals surface area contributed by atoms with Gasteiger partial charge in [-0.25, -0.2) is 0 Å². The molecule has 0 aliphatic heterocycles. The van der Waals surface area contributed by atoms with Crippen molar-refractivity contribution in [1.29, 1.82) is 0 Å². The molecule has 0 radical (unpaired) electrons. The molecule has 0 saturated heterocycles. The number of methoxy groups -OCH3 is 3. The Bertz CT molecular complexity index is 255. The zero-order chi connectivity index (χ0) is 17.1. The second-order valence-corrected chi connectivity index (χ2v) is 5.42.